The number of nitrogens with one attached hydrogen (secondary N) is 1. The summed E-state index contributed by atoms with van der Waals surface area (Å²) in [6, 6.07) is 20.2. The Balaban J connectivity index is 1.35. The van der Waals surface area contributed by atoms with Crippen molar-refractivity contribution in [3.8, 4) is 23.2 Å². The molecule has 0 fully saturated rings. The molecule has 0 aliphatic heterocycles. The van der Waals surface area contributed by atoms with E-state index in [0.29, 0.717) is 28.9 Å². The summed E-state index contributed by atoms with van der Waals surface area (Å²) in [7, 11) is 0. The number of benzene rings is 2. The van der Waals surface area contributed by atoms with Crippen molar-refractivity contribution in [2.75, 3.05) is 11.9 Å². The van der Waals surface area contributed by atoms with Crippen LogP contribution >= 0.6 is 0 Å². The number of hydrogen-bond acceptors (Lipinski definition) is 5. The van der Waals surface area contributed by atoms with Gasteiger partial charge in [-0.2, -0.15) is 4.98 Å². The summed E-state index contributed by atoms with van der Waals surface area (Å²) in [6.07, 6.45) is 3.82. The Bertz CT molecular complexity index is 1150. The molecule has 0 unspecified atom stereocenters. The molecule has 0 radical (unpaired) electrons. The molecular formula is C24H22N4O3. The van der Waals surface area contributed by atoms with E-state index in [1.807, 2.05) is 67.2 Å². The maximum atomic E-state index is 12.1. The lowest BCUT2D eigenvalue weighted by atomic mass is 10.2. The van der Waals surface area contributed by atoms with E-state index in [-0.39, 0.29) is 12.5 Å². The number of nitrogens with zero attached hydrogens (tertiary/aromatic N) is 3. The molecule has 0 saturated heterocycles. The van der Waals surface area contributed by atoms with Gasteiger partial charge in [0.05, 0.1) is 0 Å². The third kappa shape index (κ3) is 5.48. The smallest absolute Gasteiger partial charge is 0.262 e. The second kappa shape index (κ2) is 9.13. The summed E-state index contributed by atoms with van der Waals surface area (Å²) in [5, 5.41) is 2.80. The minimum atomic E-state index is -0.239. The van der Waals surface area contributed by atoms with Crippen molar-refractivity contribution in [2.45, 2.75) is 13.8 Å². The summed E-state index contributed by atoms with van der Waals surface area (Å²) < 4.78 is 13.3. The van der Waals surface area contributed by atoms with E-state index in [1.54, 1.807) is 30.3 Å². The van der Waals surface area contributed by atoms with Gasteiger partial charge in [-0.1, -0.05) is 17.7 Å². The number of amides is 1. The van der Waals surface area contributed by atoms with E-state index < -0.39 is 0 Å². The quantitative estimate of drug-likeness (QED) is 0.474. The minimum absolute atomic E-state index is 0.0658. The summed E-state index contributed by atoms with van der Waals surface area (Å²) >= 11 is 0. The van der Waals surface area contributed by atoms with Crippen molar-refractivity contribution in [1.82, 2.24) is 14.5 Å². The largest absolute Gasteiger partial charge is 0.484 e. The summed E-state index contributed by atoms with van der Waals surface area (Å²) in [5.41, 5.74) is 1.79. The fraction of sp³-hybridized carbons (Fsp3) is 0.125. The third-order valence-corrected chi connectivity index (χ3v) is 4.42. The molecule has 7 nitrogen and oxygen atoms in total. The van der Waals surface area contributed by atoms with Crippen LogP contribution < -0.4 is 14.8 Å². The molecule has 7 heteroatoms. The number of hydrogen-bond donors (Lipinski definition) is 1. The van der Waals surface area contributed by atoms with Crippen LogP contribution in [-0.2, 0) is 4.79 Å². The first-order chi connectivity index (χ1) is 15.0. The average Bonchev–Trinajstić information content (AvgIpc) is 3.29. The van der Waals surface area contributed by atoms with E-state index in [9.17, 15) is 4.79 Å². The predicted octanol–water partition coefficient (Wildman–Crippen LogP) is 4.69. The molecule has 1 amide bonds. The first kappa shape index (κ1) is 20.2. The number of aromatic nitrogens is 3. The van der Waals surface area contributed by atoms with Gasteiger partial charge in [0.1, 0.15) is 23.1 Å². The molecule has 0 aliphatic carbocycles. The van der Waals surface area contributed by atoms with Crippen LogP contribution in [0.25, 0.3) is 5.82 Å². The molecule has 2 aromatic heterocycles. The van der Waals surface area contributed by atoms with Crippen LogP contribution in [0.1, 0.15) is 11.4 Å². The van der Waals surface area contributed by atoms with Gasteiger partial charge in [0, 0.05) is 24.1 Å². The molecule has 0 spiro atoms. The third-order valence-electron chi connectivity index (χ3n) is 4.42. The lowest BCUT2D eigenvalue weighted by molar-refractivity contribution is -0.118. The SMILES string of the molecule is Cc1ccc(OCC(=O)Nc2ccc(Oc3cc(-n4cccc4)nc(C)n3)cc2)cc1. The standard InChI is InChI=1S/C24H22N4O3/c1-17-5-9-20(10-6-17)30-16-23(29)27-19-7-11-21(12-8-19)31-24-15-22(25-18(2)26-24)28-13-3-4-14-28/h3-15H,16H2,1-2H3,(H,27,29). The number of ether oxygens (including phenoxy) is 2. The fourth-order valence-electron chi connectivity index (χ4n) is 2.90. The molecule has 1 N–H and O–H groups in total. The highest BCUT2D eigenvalue weighted by atomic mass is 16.5. The second-order valence-electron chi connectivity index (χ2n) is 6.98. The van der Waals surface area contributed by atoms with Crippen molar-refractivity contribution in [3.05, 3.63) is 90.5 Å². The van der Waals surface area contributed by atoms with Crippen LogP contribution in [-0.4, -0.2) is 27.0 Å². The lowest BCUT2D eigenvalue weighted by Crippen LogP contribution is -2.20. The highest BCUT2D eigenvalue weighted by Crippen LogP contribution is 2.23. The van der Waals surface area contributed by atoms with E-state index in [2.05, 4.69) is 15.3 Å². The van der Waals surface area contributed by atoms with E-state index in [1.165, 1.54) is 0 Å². The molecule has 4 aromatic rings. The van der Waals surface area contributed by atoms with Gasteiger partial charge in [-0.05, 0) is 62.4 Å². The van der Waals surface area contributed by atoms with Crippen LogP contribution in [0.15, 0.2) is 79.1 Å². The van der Waals surface area contributed by atoms with E-state index in [4.69, 9.17) is 9.47 Å². The molecule has 0 aliphatic rings. The van der Waals surface area contributed by atoms with Crippen LogP contribution in [0.3, 0.4) is 0 Å². The van der Waals surface area contributed by atoms with Gasteiger partial charge in [0.15, 0.2) is 6.61 Å². The van der Waals surface area contributed by atoms with Gasteiger partial charge >= 0.3 is 0 Å². The van der Waals surface area contributed by atoms with E-state index in [0.717, 1.165) is 11.4 Å². The maximum absolute atomic E-state index is 12.1. The van der Waals surface area contributed by atoms with Gasteiger partial charge in [0.25, 0.3) is 5.91 Å². The summed E-state index contributed by atoms with van der Waals surface area (Å²) in [6.45, 7) is 3.75. The zero-order valence-corrected chi connectivity index (χ0v) is 17.3. The molecule has 0 saturated carbocycles. The Morgan fingerprint density at radius 2 is 1.61 bits per heavy atom. The van der Waals surface area contributed by atoms with Crippen molar-refractivity contribution >= 4 is 11.6 Å². The molecule has 156 valence electrons. The summed E-state index contributed by atoms with van der Waals surface area (Å²) in [4.78, 5) is 20.9. The van der Waals surface area contributed by atoms with Crippen molar-refractivity contribution < 1.29 is 14.3 Å². The van der Waals surface area contributed by atoms with Crippen LogP contribution in [0.5, 0.6) is 17.4 Å². The van der Waals surface area contributed by atoms with Crippen molar-refractivity contribution in [3.63, 3.8) is 0 Å². The van der Waals surface area contributed by atoms with Gasteiger partial charge in [0.2, 0.25) is 5.88 Å². The van der Waals surface area contributed by atoms with Gasteiger partial charge in [-0.3, -0.25) is 4.79 Å². The topological polar surface area (TPSA) is 78.3 Å². The first-order valence-corrected chi connectivity index (χ1v) is 9.81. The molecular weight excluding hydrogens is 392 g/mol. The maximum Gasteiger partial charge on any atom is 0.262 e. The zero-order chi connectivity index (χ0) is 21.6. The normalized spacial score (nSPS) is 10.5. The Morgan fingerprint density at radius 3 is 2.32 bits per heavy atom. The van der Waals surface area contributed by atoms with Crippen LogP contribution in [0, 0.1) is 13.8 Å². The number of carbonyl (C=O) groups is 1. The molecule has 4 rings (SSSR count). The predicted molar refractivity (Wildman–Crippen MR) is 118 cm³/mol. The Hall–Kier alpha value is -4.13. The molecule has 0 atom stereocenters. The van der Waals surface area contributed by atoms with E-state index >= 15 is 0 Å². The Labute approximate surface area is 180 Å². The second-order valence-corrected chi connectivity index (χ2v) is 6.98. The van der Waals surface area contributed by atoms with Crippen LogP contribution in [0.2, 0.25) is 0 Å². The van der Waals surface area contributed by atoms with Gasteiger partial charge in [-0.25, -0.2) is 4.98 Å². The molecule has 31 heavy (non-hydrogen) atoms. The van der Waals surface area contributed by atoms with Gasteiger partial charge < -0.3 is 19.4 Å². The lowest BCUT2D eigenvalue weighted by Gasteiger charge is -2.10. The highest BCUT2D eigenvalue weighted by molar-refractivity contribution is 5.91. The Morgan fingerprint density at radius 1 is 0.935 bits per heavy atom. The van der Waals surface area contributed by atoms with Gasteiger partial charge in [-0.15, -0.1) is 0 Å². The number of rotatable bonds is 7. The average molecular weight is 414 g/mol. The molecule has 2 aromatic carbocycles. The first-order valence-electron chi connectivity index (χ1n) is 9.81. The highest BCUT2D eigenvalue weighted by Gasteiger charge is 2.07. The minimum Gasteiger partial charge on any atom is -0.484 e. The van der Waals surface area contributed by atoms with Crippen molar-refractivity contribution in [1.29, 1.82) is 0 Å². The number of aryl methyl sites for hydroxylation is 2. The molecule has 0 bridgehead atoms. The monoisotopic (exact) mass is 414 g/mol. The van der Waals surface area contributed by atoms with Crippen molar-refractivity contribution in [2.24, 2.45) is 0 Å². The number of anilines is 1. The van der Waals surface area contributed by atoms with Crippen LogP contribution in [0.4, 0.5) is 5.69 Å². The molecule has 2 heterocycles. The Kier molecular flexibility index (Phi) is 5.93. The number of carbonyl (C=O) groups excluding carboxylic acids is 1. The fourth-order valence-corrected chi connectivity index (χ4v) is 2.90. The summed E-state index contributed by atoms with van der Waals surface area (Å²) in [5.74, 6) is 2.80. The zero-order valence-electron chi connectivity index (χ0n) is 17.3.